The highest BCUT2D eigenvalue weighted by Crippen LogP contribution is 2.09. The molecular weight excluding hydrogens is 254 g/mol. The number of hydrogen-bond donors (Lipinski definition) is 1. The highest BCUT2D eigenvalue weighted by molar-refractivity contribution is 5.95. The van der Waals surface area contributed by atoms with Crippen molar-refractivity contribution in [1.29, 1.82) is 0 Å². The van der Waals surface area contributed by atoms with Crippen molar-refractivity contribution in [2.75, 3.05) is 26.9 Å². The van der Waals surface area contributed by atoms with Gasteiger partial charge in [0.05, 0.1) is 13.2 Å². The summed E-state index contributed by atoms with van der Waals surface area (Å²) in [4.78, 5) is 12.1. The molecule has 112 valence electrons. The van der Waals surface area contributed by atoms with E-state index >= 15 is 0 Å². The van der Waals surface area contributed by atoms with E-state index in [0.717, 1.165) is 18.6 Å². The molecule has 20 heavy (non-hydrogen) atoms. The van der Waals surface area contributed by atoms with E-state index in [2.05, 4.69) is 19.2 Å². The highest BCUT2D eigenvalue weighted by Gasteiger charge is 2.09. The summed E-state index contributed by atoms with van der Waals surface area (Å²) in [6.07, 6.45) is 1.05. The largest absolute Gasteiger partial charge is 0.380 e. The molecule has 0 radical (unpaired) electrons. The summed E-state index contributed by atoms with van der Waals surface area (Å²) in [7, 11) is 1.62. The molecule has 4 nitrogen and oxygen atoms in total. The van der Waals surface area contributed by atoms with Crippen molar-refractivity contribution in [3.8, 4) is 0 Å². The SMILES string of the molecule is COCc1ccccc1C(=O)NCCOCCC(C)C. The molecule has 0 atom stereocenters. The molecule has 0 aliphatic heterocycles. The van der Waals surface area contributed by atoms with Gasteiger partial charge in [-0.1, -0.05) is 32.0 Å². The molecule has 1 aromatic rings. The van der Waals surface area contributed by atoms with Gasteiger partial charge in [0.15, 0.2) is 0 Å². The molecular formula is C16H25NO3. The maximum Gasteiger partial charge on any atom is 0.251 e. The van der Waals surface area contributed by atoms with Crippen LogP contribution in [0.1, 0.15) is 36.2 Å². The van der Waals surface area contributed by atoms with Crippen LogP contribution in [0.2, 0.25) is 0 Å². The Labute approximate surface area is 121 Å². The minimum Gasteiger partial charge on any atom is -0.380 e. The summed E-state index contributed by atoms with van der Waals surface area (Å²) in [6, 6.07) is 7.47. The Morgan fingerprint density at radius 2 is 2.00 bits per heavy atom. The monoisotopic (exact) mass is 279 g/mol. The van der Waals surface area contributed by atoms with E-state index in [1.165, 1.54) is 0 Å². The van der Waals surface area contributed by atoms with Gasteiger partial charge >= 0.3 is 0 Å². The first-order chi connectivity index (χ1) is 9.65. The highest BCUT2D eigenvalue weighted by atomic mass is 16.5. The van der Waals surface area contributed by atoms with Crippen LogP contribution < -0.4 is 5.32 Å². The number of nitrogens with one attached hydrogen (secondary N) is 1. The smallest absolute Gasteiger partial charge is 0.251 e. The summed E-state index contributed by atoms with van der Waals surface area (Å²) in [5.74, 6) is 0.565. The summed E-state index contributed by atoms with van der Waals surface area (Å²) in [5.41, 5.74) is 1.56. The maximum absolute atomic E-state index is 12.1. The van der Waals surface area contributed by atoms with Crippen LogP contribution in [0, 0.1) is 5.92 Å². The van der Waals surface area contributed by atoms with Crippen molar-refractivity contribution in [2.24, 2.45) is 5.92 Å². The minimum absolute atomic E-state index is 0.0786. The topological polar surface area (TPSA) is 47.6 Å². The summed E-state index contributed by atoms with van der Waals surface area (Å²) in [6.45, 7) is 6.58. The summed E-state index contributed by atoms with van der Waals surface area (Å²) >= 11 is 0. The Balaban J connectivity index is 2.32. The number of carbonyl (C=O) groups is 1. The van der Waals surface area contributed by atoms with Gasteiger partial charge in [-0.2, -0.15) is 0 Å². The number of carbonyl (C=O) groups excluding carboxylic acids is 1. The number of benzene rings is 1. The van der Waals surface area contributed by atoms with E-state index < -0.39 is 0 Å². The van der Waals surface area contributed by atoms with Crippen LogP contribution in [0.4, 0.5) is 0 Å². The van der Waals surface area contributed by atoms with E-state index in [1.54, 1.807) is 7.11 Å². The number of ether oxygens (including phenoxy) is 2. The third kappa shape index (κ3) is 6.17. The predicted molar refractivity (Wildman–Crippen MR) is 79.8 cm³/mol. The van der Waals surface area contributed by atoms with Gasteiger partial charge in [-0.05, 0) is 24.0 Å². The molecule has 0 saturated heterocycles. The molecule has 0 bridgehead atoms. The van der Waals surface area contributed by atoms with Crippen LogP contribution in [0.15, 0.2) is 24.3 Å². The van der Waals surface area contributed by atoms with Gasteiger partial charge in [-0.15, -0.1) is 0 Å². The normalized spacial score (nSPS) is 10.8. The fourth-order valence-corrected chi connectivity index (χ4v) is 1.78. The second-order valence-electron chi connectivity index (χ2n) is 5.14. The predicted octanol–water partition coefficient (Wildman–Crippen LogP) is 2.63. The zero-order chi connectivity index (χ0) is 14.8. The molecule has 0 heterocycles. The first-order valence-corrected chi connectivity index (χ1v) is 7.08. The van der Waals surface area contributed by atoms with Crippen molar-refractivity contribution in [3.05, 3.63) is 35.4 Å². The molecule has 0 fully saturated rings. The fraction of sp³-hybridized carbons (Fsp3) is 0.562. The maximum atomic E-state index is 12.1. The number of rotatable bonds is 9. The second-order valence-corrected chi connectivity index (χ2v) is 5.14. The second kappa shape index (κ2) is 9.50. The molecule has 0 aliphatic rings. The molecule has 0 spiro atoms. The van der Waals surface area contributed by atoms with Crippen LogP contribution in [0.25, 0.3) is 0 Å². The number of amides is 1. The summed E-state index contributed by atoms with van der Waals surface area (Å²) < 4.78 is 10.6. The average molecular weight is 279 g/mol. The van der Waals surface area contributed by atoms with Crippen LogP contribution in [0.5, 0.6) is 0 Å². The Hall–Kier alpha value is -1.39. The van der Waals surface area contributed by atoms with Crippen molar-refractivity contribution < 1.29 is 14.3 Å². The van der Waals surface area contributed by atoms with Crippen molar-refractivity contribution in [3.63, 3.8) is 0 Å². The quantitative estimate of drug-likeness (QED) is 0.707. The first-order valence-electron chi connectivity index (χ1n) is 7.08. The molecule has 1 N–H and O–H groups in total. The fourth-order valence-electron chi connectivity index (χ4n) is 1.78. The average Bonchev–Trinajstić information content (AvgIpc) is 2.43. The van der Waals surface area contributed by atoms with Crippen molar-refractivity contribution in [1.82, 2.24) is 5.32 Å². The molecule has 0 unspecified atom stereocenters. The van der Waals surface area contributed by atoms with Crippen molar-refractivity contribution in [2.45, 2.75) is 26.9 Å². The van der Waals surface area contributed by atoms with Crippen LogP contribution >= 0.6 is 0 Å². The van der Waals surface area contributed by atoms with Crippen LogP contribution in [-0.4, -0.2) is 32.8 Å². The lowest BCUT2D eigenvalue weighted by atomic mass is 10.1. The lowest BCUT2D eigenvalue weighted by Crippen LogP contribution is -2.28. The van der Waals surface area contributed by atoms with Crippen LogP contribution in [-0.2, 0) is 16.1 Å². The Bertz CT molecular complexity index is 404. The zero-order valence-electron chi connectivity index (χ0n) is 12.6. The van der Waals surface area contributed by atoms with E-state index in [4.69, 9.17) is 9.47 Å². The molecule has 0 aliphatic carbocycles. The number of methoxy groups -OCH3 is 1. The van der Waals surface area contributed by atoms with E-state index in [-0.39, 0.29) is 5.91 Å². The number of hydrogen-bond acceptors (Lipinski definition) is 3. The Kier molecular flexibility index (Phi) is 7.92. The molecule has 0 saturated carbocycles. The first kappa shape index (κ1) is 16.7. The third-order valence-electron chi connectivity index (χ3n) is 2.93. The van der Waals surface area contributed by atoms with Gasteiger partial charge in [0, 0.05) is 25.8 Å². The molecule has 4 heteroatoms. The third-order valence-corrected chi connectivity index (χ3v) is 2.93. The van der Waals surface area contributed by atoms with Gasteiger partial charge in [-0.25, -0.2) is 0 Å². The lowest BCUT2D eigenvalue weighted by molar-refractivity contribution is 0.0901. The van der Waals surface area contributed by atoms with Gasteiger partial charge in [0.1, 0.15) is 0 Å². The Morgan fingerprint density at radius 1 is 1.25 bits per heavy atom. The molecule has 1 amide bonds. The minimum atomic E-state index is -0.0786. The van der Waals surface area contributed by atoms with Gasteiger partial charge in [-0.3, -0.25) is 4.79 Å². The van der Waals surface area contributed by atoms with E-state index in [0.29, 0.717) is 31.2 Å². The summed E-state index contributed by atoms with van der Waals surface area (Å²) in [5, 5.41) is 2.87. The molecule has 1 aromatic carbocycles. The molecule has 0 aromatic heterocycles. The van der Waals surface area contributed by atoms with Gasteiger partial charge < -0.3 is 14.8 Å². The molecule has 1 rings (SSSR count). The van der Waals surface area contributed by atoms with Gasteiger partial charge in [0.25, 0.3) is 5.91 Å². The van der Waals surface area contributed by atoms with Gasteiger partial charge in [0.2, 0.25) is 0 Å². The zero-order valence-corrected chi connectivity index (χ0v) is 12.6. The van der Waals surface area contributed by atoms with E-state index in [1.807, 2.05) is 24.3 Å². The van der Waals surface area contributed by atoms with E-state index in [9.17, 15) is 4.79 Å². The van der Waals surface area contributed by atoms with Crippen molar-refractivity contribution >= 4 is 5.91 Å². The standard InChI is InChI=1S/C16H25NO3/c1-13(2)8-10-20-11-9-17-16(18)15-7-5-4-6-14(15)12-19-3/h4-7,13H,8-12H2,1-3H3,(H,17,18). The van der Waals surface area contributed by atoms with Crippen LogP contribution in [0.3, 0.4) is 0 Å². The Morgan fingerprint density at radius 3 is 2.70 bits per heavy atom. The lowest BCUT2D eigenvalue weighted by Gasteiger charge is -2.10.